The predicted molar refractivity (Wildman–Crippen MR) is 61.9 cm³/mol. The van der Waals surface area contributed by atoms with Gasteiger partial charge in [-0.05, 0) is 30.2 Å². The Labute approximate surface area is 99.2 Å². The zero-order valence-corrected chi connectivity index (χ0v) is 9.57. The van der Waals surface area contributed by atoms with E-state index in [0.717, 1.165) is 5.56 Å². The Balaban J connectivity index is 3.01. The van der Waals surface area contributed by atoms with E-state index in [1.807, 2.05) is 0 Å². The summed E-state index contributed by atoms with van der Waals surface area (Å²) in [5.74, 6) is 0. The third-order valence-electron chi connectivity index (χ3n) is 2.35. The second kappa shape index (κ2) is 5.13. The number of hydrogen-bond donors (Lipinski definition) is 2. The quantitative estimate of drug-likeness (QED) is 0.792. The van der Waals surface area contributed by atoms with Crippen LogP contribution in [0.4, 0.5) is 0 Å². The van der Waals surface area contributed by atoms with Crippen molar-refractivity contribution in [2.75, 3.05) is 0 Å². The van der Waals surface area contributed by atoms with E-state index in [2.05, 4.69) is 6.58 Å². The molecular weight excluding hydrogens is 226 g/mol. The van der Waals surface area contributed by atoms with Crippen molar-refractivity contribution in [3.8, 4) is 6.07 Å². The molecule has 16 heavy (non-hydrogen) atoms. The average Bonchev–Trinajstić information content (AvgIpc) is 2.26. The van der Waals surface area contributed by atoms with Crippen molar-refractivity contribution in [1.29, 1.82) is 5.26 Å². The van der Waals surface area contributed by atoms with Gasteiger partial charge in [0.15, 0.2) is 0 Å². The standard InChI is InChI=1S/C12H12ClNO2/c1-7-5-9(13)3-4-10(7)12(16)11(15)8(2)6-14/h3-5,11-12,15-16H,2H2,1H3. The third-order valence-corrected chi connectivity index (χ3v) is 2.59. The van der Waals surface area contributed by atoms with Crippen LogP contribution < -0.4 is 0 Å². The molecule has 2 N–H and O–H groups in total. The van der Waals surface area contributed by atoms with Crippen molar-refractivity contribution >= 4 is 11.6 Å². The maximum Gasteiger partial charge on any atom is 0.118 e. The van der Waals surface area contributed by atoms with Crippen LogP contribution in [0.5, 0.6) is 0 Å². The molecule has 1 aromatic carbocycles. The van der Waals surface area contributed by atoms with Crippen LogP contribution in [-0.4, -0.2) is 16.3 Å². The van der Waals surface area contributed by atoms with Crippen molar-refractivity contribution < 1.29 is 10.2 Å². The molecule has 0 fully saturated rings. The Hall–Kier alpha value is -1.34. The van der Waals surface area contributed by atoms with Crippen LogP contribution in [-0.2, 0) is 0 Å². The topological polar surface area (TPSA) is 64.2 Å². The lowest BCUT2D eigenvalue weighted by molar-refractivity contribution is 0.0436. The number of nitrogens with zero attached hydrogens (tertiary/aromatic N) is 1. The first-order valence-corrected chi connectivity index (χ1v) is 5.06. The first-order chi connectivity index (χ1) is 7.47. The molecule has 3 nitrogen and oxygen atoms in total. The zero-order chi connectivity index (χ0) is 12.3. The van der Waals surface area contributed by atoms with Gasteiger partial charge in [-0.3, -0.25) is 0 Å². The van der Waals surface area contributed by atoms with Crippen molar-refractivity contribution in [3.63, 3.8) is 0 Å². The highest BCUT2D eigenvalue weighted by atomic mass is 35.5. The molecular formula is C12H12ClNO2. The highest BCUT2D eigenvalue weighted by Crippen LogP contribution is 2.25. The normalized spacial score (nSPS) is 13.9. The second-order valence-corrected chi connectivity index (χ2v) is 3.96. The van der Waals surface area contributed by atoms with E-state index in [1.54, 1.807) is 31.2 Å². The van der Waals surface area contributed by atoms with Crippen LogP contribution in [0, 0.1) is 18.3 Å². The molecule has 84 valence electrons. The molecule has 0 bridgehead atoms. The lowest BCUT2D eigenvalue weighted by atomic mass is 9.96. The molecule has 0 saturated heterocycles. The largest absolute Gasteiger partial charge is 0.385 e. The molecule has 0 aliphatic rings. The van der Waals surface area contributed by atoms with Crippen LogP contribution in [0.25, 0.3) is 0 Å². The fourth-order valence-corrected chi connectivity index (χ4v) is 1.62. The summed E-state index contributed by atoms with van der Waals surface area (Å²) < 4.78 is 0. The van der Waals surface area contributed by atoms with Gasteiger partial charge < -0.3 is 10.2 Å². The van der Waals surface area contributed by atoms with Gasteiger partial charge in [-0.2, -0.15) is 5.26 Å². The lowest BCUT2D eigenvalue weighted by Crippen LogP contribution is -2.20. The predicted octanol–water partition coefficient (Wildman–Crippen LogP) is 2.12. The Kier molecular flexibility index (Phi) is 4.08. The van der Waals surface area contributed by atoms with Crippen molar-refractivity contribution in [2.45, 2.75) is 19.1 Å². The number of benzene rings is 1. The summed E-state index contributed by atoms with van der Waals surface area (Å²) in [4.78, 5) is 0. The summed E-state index contributed by atoms with van der Waals surface area (Å²) in [6.45, 7) is 5.14. The van der Waals surface area contributed by atoms with E-state index < -0.39 is 12.2 Å². The average molecular weight is 238 g/mol. The van der Waals surface area contributed by atoms with Gasteiger partial charge in [0.25, 0.3) is 0 Å². The van der Waals surface area contributed by atoms with Crippen molar-refractivity contribution in [2.24, 2.45) is 0 Å². The fourth-order valence-electron chi connectivity index (χ4n) is 1.40. The smallest absolute Gasteiger partial charge is 0.118 e. The number of aliphatic hydroxyl groups excluding tert-OH is 2. The molecule has 0 aromatic heterocycles. The van der Waals surface area contributed by atoms with Gasteiger partial charge in [0.1, 0.15) is 12.2 Å². The molecule has 0 radical (unpaired) electrons. The van der Waals surface area contributed by atoms with E-state index in [1.165, 1.54) is 0 Å². The number of rotatable bonds is 3. The minimum Gasteiger partial charge on any atom is -0.385 e. The first-order valence-electron chi connectivity index (χ1n) is 4.68. The Morgan fingerprint density at radius 3 is 2.62 bits per heavy atom. The molecule has 0 amide bonds. The highest BCUT2D eigenvalue weighted by molar-refractivity contribution is 6.30. The van der Waals surface area contributed by atoms with Crippen molar-refractivity contribution in [3.05, 3.63) is 46.5 Å². The van der Waals surface area contributed by atoms with Gasteiger partial charge in [0.2, 0.25) is 0 Å². The van der Waals surface area contributed by atoms with Gasteiger partial charge in [-0.15, -0.1) is 0 Å². The van der Waals surface area contributed by atoms with Crippen LogP contribution >= 0.6 is 11.6 Å². The van der Waals surface area contributed by atoms with Gasteiger partial charge in [0, 0.05) is 5.02 Å². The van der Waals surface area contributed by atoms with Gasteiger partial charge in [-0.1, -0.05) is 24.2 Å². The Morgan fingerprint density at radius 1 is 1.50 bits per heavy atom. The van der Waals surface area contributed by atoms with E-state index >= 15 is 0 Å². The molecule has 0 heterocycles. The lowest BCUT2D eigenvalue weighted by Gasteiger charge is -2.18. The molecule has 2 atom stereocenters. The number of aryl methyl sites for hydroxylation is 1. The Morgan fingerprint density at radius 2 is 2.12 bits per heavy atom. The second-order valence-electron chi connectivity index (χ2n) is 3.53. The number of aliphatic hydroxyl groups is 2. The van der Waals surface area contributed by atoms with E-state index in [9.17, 15) is 10.2 Å². The SMILES string of the molecule is C=C(C#N)C(O)C(O)c1ccc(Cl)cc1C. The molecule has 2 unspecified atom stereocenters. The first kappa shape index (κ1) is 12.7. The van der Waals surface area contributed by atoms with Gasteiger partial charge in [0.05, 0.1) is 11.6 Å². The maximum atomic E-state index is 9.86. The minimum absolute atomic E-state index is 0.0677. The highest BCUT2D eigenvalue weighted by Gasteiger charge is 2.22. The fraction of sp³-hybridized carbons (Fsp3) is 0.250. The van der Waals surface area contributed by atoms with E-state index in [4.69, 9.17) is 16.9 Å². The van der Waals surface area contributed by atoms with Gasteiger partial charge in [-0.25, -0.2) is 0 Å². The summed E-state index contributed by atoms with van der Waals surface area (Å²) in [5.41, 5.74) is 1.22. The molecule has 0 aliphatic carbocycles. The number of halogens is 1. The summed E-state index contributed by atoms with van der Waals surface area (Å²) >= 11 is 5.78. The van der Waals surface area contributed by atoms with Crippen LogP contribution in [0.2, 0.25) is 5.02 Å². The number of hydrogen-bond acceptors (Lipinski definition) is 3. The molecule has 0 spiro atoms. The van der Waals surface area contributed by atoms with E-state index in [-0.39, 0.29) is 5.57 Å². The molecule has 4 heteroatoms. The van der Waals surface area contributed by atoms with E-state index in [0.29, 0.717) is 10.6 Å². The third kappa shape index (κ3) is 2.61. The van der Waals surface area contributed by atoms with Crippen LogP contribution in [0.3, 0.4) is 0 Å². The van der Waals surface area contributed by atoms with Crippen molar-refractivity contribution in [1.82, 2.24) is 0 Å². The molecule has 1 aromatic rings. The van der Waals surface area contributed by atoms with Crippen LogP contribution in [0.15, 0.2) is 30.4 Å². The molecule has 0 saturated carbocycles. The summed E-state index contributed by atoms with van der Waals surface area (Å²) in [6.07, 6.45) is -2.45. The monoisotopic (exact) mass is 237 g/mol. The van der Waals surface area contributed by atoms with Crippen LogP contribution in [0.1, 0.15) is 17.2 Å². The summed E-state index contributed by atoms with van der Waals surface area (Å²) in [7, 11) is 0. The molecule has 1 rings (SSSR count). The summed E-state index contributed by atoms with van der Waals surface area (Å²) in [6, 6.07) is 6.64. The molecule has 0 aliphatic heterocycles. The zero-order valence-electron chi connectivity index (χ0n) is 8.81. The van der Waals surface area contributed by atoms with Gasteiger partial charge >= 0.3 is 0 Å². The Bertz CT molecular complexity index is 451. The number of nitriles is 1. The maximum absolute atomic E-state index is 9.86. The summed E-state index contributed by atoms with van der Waals surface area (Å²) in [5, 5.41) is 28.6. The minimum atomic E-state index is -1.29.